The van der Waals surface area contributed by atoms with E-state index in [1.807, 2.05) is 13.2 Å². The van der Waals surface area contributed by atoms with Gasteiger partial charge in [-0.25, -0.2) is 0 Å². The Labute approximate surface area is 77.3 Å². The van der Waals surface area contributed by atoms with Crippen molar-refractivity contribution in [2.75, 3.05) is 13.3 Å². The lowest BCUT2D eigenvalue weighted by atomic mass is 10.5. The predicted molar refractivity (Wildman–Crippen MR) is 36.8 cm³/mol. The highest BCUT2D eigenvalue weighted by Gasteiger charge is 2.03. The summed E-state index contributed by atoms with van der Waals surface area (Å²) >= 11 is 1.57. The van der Waals surface area contributed by atoms with E-state index in [4.69, 9.17) is 5.21 Å². The van der Waals surface area contributed by atoms with Gasteiger partial charge in [0.15, 0.2) is 7.05 Å². The molecule has 0 bridgehead atoms. The summed E-state index contributed by atoms with van der Waals surface area (Å²) < 4.78 is 1.16. The van der Waals surface area contributed by atoms with Crippen molar-refractivity contribution in [3.05, 3.63) is 0 Å². The standard InChI is InChI=1S/C5H12NOS.HI/c1-4-5(8-3)6(2)7;/h7H,4H2,1-3H3;1H/q+1;/p-1/b6-5+;. The maximum absolute atomic E-state index is 8.79. The molecule has 0 atom stereocenters. The molecule has 0 unspecified atom stereocenters. The van der Waals surface area contributed by atoms with Crippen molar-refractivity contribution in [3.8, 4) is 0 Å². The van der Waals surface area contributed by atoms with E-state index < -0.39 is 0 Å². The van der Waals surface area contributed by atoms with Gasteiger partial charge in [-0.05, 0) is 11.0 Å². The van der Waals surface area contributed by atoms with Crippen LogP contribution in [0.25, 0.3) is 0 Å². The van der Waals surface area contributed by atoms with Gasteiger partial charge in [-0.15, -0.1) is 0 Å². The van der Waals surface area contributed by atoms with E-state index in [1.54, 1.807) is 18.8 Å². The van der Waals surface area contributed by atoms with E-state index in [-0.39, 0.29) is 24.0 Å². The molecular formula is C5H12INOS. The maximum Gasteiger partial charge on any atom is 0.259 e. The van der Waals surface area contributed by atoms with Crippen molar-refractivity contribution >= 4 is 16.8 Å². The fourth-order valence-corrected chi connectivity index (χ4v) is 1.06. The van der Waals surface area contributed by atoms with Crippen LogP contribution in [0.4, 0.5) is 0 Å². The number of hydrogen-bond donors (Lipinski definition) is 1. The molecule has 0 rings (SSSR count). The van der Waals surface area contributed by atoms with E-state index in [0.717, 1.165) is 16.2 Å². The third kappa shape index (κ3) is 5.02. The average Bonchev–Trinajstić information content (AvgIpc) is 1.69. The second-order valence-electron chi connectivity index (χ2n) is 1.48. The monoisotopic (exact) mass is 261 g/mol. The van der Waals surface area contributed by atoms with Gasteiger partial charge in [0.1, 0.15) is 0 Å². The lowest BCUT2D eigenvalue weighted by Gasteiger charge is -1.89. The molecule has 0 aliphatic heterocycles. The minimum Gasteiger partial charge on any atom is -1.00 e. The van der Waals surface area contributed by atoms with Gasteiger partial charge in [-0.1, -0.05) is 18.7 Å². The number of halogens is 1. The number of thioether (sulfide) groups is 1. The molecule has 0 amide bonds. The molecule has 0 saturated heterocycles. The first kappa shape index (κ1) is 12.2. The Morgan fingerprint density at radius 2 is 2.11 bits per heavy atom. The fraction of sp³-hybridized carbons (Fsp3) is 0.800. The second-order valence-corrected chi connectivity index (χ2v) is 2.35. The molecule has 0 aromatic heterocycles. The van der Waals surface area contributed by atoms with Gasteiger partial charge < -0.3 is 24.0 Å². The Kier molecular flexibility index (Phi) is 9.07. The molecule has 9 heavy (non-hydrogen) atoms. The summed E-state index contributed by atoms with van der Waals surface area (Å²) in [6.07, 6.45) is 2.85. The molecule has 0 aliphatic rings. The minimum absolute atomic E-state index is 0. The second kappa shape index (κ2) is 6.67. The van der Waals surface area contributed by atoms with E-state index >= 15 is 0 Å². The van der Waals surface area contributed by atoms with Gasteiger partial charge in [0.25, 0.3) is 5.04 Å². The molecular weight excluding hydrogens is 249 g/mol. The molecule has 0 heterocycles. The van der Waals surface area contributed by atoms with Gasteiger partial charge >= 0.3 is 0 Å². The lowest BCUT2D eigenvalue weighted by Crippen LogP contribution is -3.00. The zero-order valence-corrected chi connectivity index (χ0v) is 8.86. The largest absolute Gasteiger partial charge is 1.00 e. The van der Waals surface area contributed by atoms with Gasteiger partial charge in [-0.3, -0.25) is 5.21 Å². The van der Waals surface area contributed by atoms with Crippen LogP contribution in [0.5, 0.6) is 0 Å². The molecule has 56 valence electrons. The van der Waals surface area contributed by atoms with Crippen LogP contribution in [0.15, 0.2) is 0 Å². The molecule has 4 heteroatoms. The van der Waals surface area contributed by atoms with Gasteiger partial charge in [0, 0.05) is 6.42 Å². The number of hydroxylamine groups is 1. The molecule has 2 nitrogen and oxygen atoms in total. The minimum atomic E-state index is 0. The molecule has 0 aliphatic carbocycles. The Hall–Kier alpha value is 0.550. The third-order valence-corrected chi connectivity index (χ3v) is 1.92. The topological polar surface area (TPSA) is 23.2 Å². The summed E-state index contributed by atoms with van der Waals surface area (Å²) in [6, 6.07) is 0. The highest BCUT2D eigenvalue weighted by Crippen LogP contribution is 1.99. The summed E-state index contributed by atoms with van der Waals surface area (Å²) in [6.45, 7) is 2.01. The molecule has 0 radical (unpaired) electrons. The molecule has 0 aromatic rings. The van der Waals surface area contributed by atoms with Crippen LogP contribution in [0, 0.1) is 0 Å². The van der Waals surface area contributed by atoms with E-state index in [9.17, 15) is 0 Å². The van der Waals surface area contributed by atoms with Gasteiger partial charge in [0.05, 0.1) is 0 Å². The highest BCUT2D eigenvalue weighted by molar-refractivity contribution is 8.13. The van der Waals surface area contributed by atoms with Crippen molar-refractivity contribution in [1.29, 1.82) is 0 Å². The third-order valence-electron chi connectivity index (χ3n) is 0.899. The van der Waals surface area contributed by atoms with Crippen molar-refractivity contribution < 1.29 is 33.9 Å². The quantitative estimate of drug-likeness (QED) is 0.150. The molecule has 1 N–H and O–H groups in total. The zero-order chi connectivity index (χ0) is 6.57. The summed E-state index contributed by atoms with van der Waals surface area (Å²) in [5.41, 5.74) is 0. The maximum atomic E-state index is 8.79. The normalized spacial score (nSPS) is 11.9. The Morgan fingerprint density at radius 3 is 2.11 bits per heavy atom. The molecule has 0 aromatic carbocycles. The van der Waals surface area contributed by atoms with Crippen molar-refractivity contribution in [3.63, 3.8) is 0 Å². The van der Waals surface area contributed by atoms with Crippen LogP contribution < -0.4 is 24.0 Å². The summed E-state index contributed by atoms with van der Waals surface area (Å²) in [5, 5.41) is 9.78. The van der Waals surface area contributed by atoms with Crippen molar-refractivity contribution in [1.82, 2.24) is 0 Å². The first-order valence-corrected chi connectivity index (χ1v) is 3.77. The smallest absolute Gasteiger partial charge is 0.259 e. The molecule has 0 spiro atoms. The van der Waals surface area contributed by atoms with E-state index in [2.05, 4.69) is 0 Å². The first-order valence-electron chi connectivity index (χ1n) is 2.54. The predicted octanol–water partition coefficient (Wildman–Crippen LogP) is -1.81. The van der Waals surface area contributed by atoms with Crippen molar-refractivity contribution in [2.45, 2.75) is 13.3 Å². The van der Waals surface area contributed by atoms with Crippen LogP contribution in [-0.2, 0) is 0 Å². The number of hydrogen-bond acceptors (Lipinski definition) is 2. The summed E-state index contributed by atoms with van der Waals surface area (Å²) in [4.78, 5) is 0. The lowest BCUT2D eigenvalue weighted by molar-refractivity contribution is -0.753. The van der Waals surface area contributed by atoms with E-state index in [1.165, 1.54) is 0 Å². The highest BCUT2D eigenvalue weighted by atomic mass is 127. The van der Waals surface area contributed by atoms with Crippen LogP contribution in [0.3, 0.4) is 0 Å². The average molecular weight is 261 g/mol. The SMILES string of the molecule is CC/C(SC)=[N+](/C)O.[I-]. The summed E-state index contributed by atoms with van der Waals surface area (Å²) in [7, 11) is 1.63. The Balaban J connectivity index is 0. The Bertz CT molecular complexity index is 95.1. The number of nitrogens with zero attached hydrogens (tertiary/aromatic N) is 1. The fourth-order valence-electron chi connectivity index (χ4n) is 0.505. The molecule has 0 fully saturated rings. The van der Waals surface area contributed by atoms with E-state index in [0.29, 0.717) is 0 Å². The van der Waals surface area contributed by atoms with Gasteiger partial charge in [0.2, 0.25) is 0 Å². The van der Waals surface area contributed by atoms with Crippen molar-refractivity contribution in [2.24, 2.45) is 0 Å². The zero-order valence-electron chi connectivity index (χ0n) is 5.89. The van der Waals surface area contributed by atoms with Crippen LogP contribution in [-0.4, -0.2) is 28.3 Å². The Morgan fingerprint density at radius 1 is 1.67 bits per heavy atom. The van der Waals surface area contributed by atoms with Gasteiger partial charge in [-0.2, -0.15) is 0 Å². The summed E-state index contributed by atoms with van der Waals surface area (Å²) in [5.74, 6) is 0. The number of rotatable bonds is 1. The van der Waals surface area contributed by atoms with Crippen LogP contribution in [0.2, 0.25) is 0 Å². The molecule has 0 saturated carbocycles. The van der Waals surface area contributed by atoms with Crippen LogP contribution in [0.1, 0.15) is 13.3 Å². The first-order chi connectivity index (χ1) is 3.72. The van der Waals surface area contributed by atoms with Crippen LogP contribution >= 0.6 is 11.8 Å².